The number of hydrogen-bond acceptors (Lipinski definition) is 5. The van der Waals surface area contributed by atoms with Crippen molar-refractivity contribution in [3.63, 3.8) is 0 Å². The topological polar surface area (TPSA) is 84.7 Å². The van der Waals surface area contributed by atoms with Gasteiger partial charge in [-0.15, -0.1) is 0 Å². The van der Waals surface area contributed by atoms with E-state index < -0.39 is 10.0 Å². The summed E-state index contributed by atoms with van der Waals surface area (Å²) >= 11 is 0. The van der Waals surface area contributed by atoms with E-state index in [-0.39, 0.29) is 28.3 Å². The van der Waals surface area contributed by atoms with Crippen LogP contribution in [0.25, 0.3) is 0 Å². The SMILES string of the molecule is CC(C)N1CCN(C(=O)[C@H]2CC[C@H](N(C)S(=O)(=O)c3ccccc3C#N)CC2)CC1. The maximum Gasteiger partial charge on any atom is 0.244 e. The Hall–Kier alpha value is -1.95. The molecule has 2 aliphatic rings. The summed E-state index contributed by atoms with van der Waals surface area (Å²) in [6.45, 7) is 7.74. The molecule has 1 aromatic carbocycles. The second kappa shape index (κ2) is 9.46. The van der Waals surface area contributed by atoms with Crippen molar-refractivity contribution in [1.82, 2.24) is 14.1 Å². The summed E-state index contributed by atoms with van der Waals surface area (Å²) in [5, 5.41) is 9.26. The standard InChI is InChI=1S/C22H32N4O3S/c1-17(2)25-12-14-26(15-13-25)22(27)18-8-10-20(11-9-18)24(3)30(28,29)21-7-5-4-6-19(21)16-23/h4-7,17-18,20H,8-15H2,1-3H3/t18-,20-. The van der Waals surface area contributed by atoms with Crippen LogP contribution in [0.3, 0.4) is 0 Å². The molecule has 0 radical (unpaired) electrons. The van der Waals surface area contributed by atoms with E-state index in [0.29, 0.717) is 31.7 Å². The molecule has 1 heterocycles. The van der Waals surface area contributed by atoms with Gasteiger partial charge in [-0.2, -0.15) is 9.57 Å². The van der Waals surface area contributed by atoms with E-state index in [1.165, 1.54) is 16.4 Å². The summed E-state index contributed by atoms with van der Waals surface area (Å²) in [4.78, 5) is 17.4. The van der Waals surface area contributed by atoms with E-state index in [9.17, 15) is 18.5 Å². The highest BCUT2D eigenvalue weighted by molar-refractivity contribution is 7.89. The molecular formula is C22H32N4O3S. The quantitative estimate of drug-likeness (QED) is 0.713. The zero-order valence-corrected chi connectivity index (χ0v) is 18.9. The van der Waals surface area contributed by atoms with Gasteiger partial charge >= 0.3 is 0 Å². The van der Waals surface area contributed by atoms with Gasteiger partial charge in [0, 0.05) is 51.2 Å². The van der Waals surface area contributed by atoms with Crippen molar-refractivity contribution in [1.29, 1.82) is 5.26 Å². The predicted octanol–water partition coefficient (Wildman–Crippen LogP) is 2.29. The van der Waals surface area contributed by atoms with Gasteiger partial charge in [-0.3, -0.25) is 9.69 Å². The van der Waals surface area contributed by atoms with Crippen LogP contribution in [0.1, 0.15) is 45.1 Å². The third-order valence-electron chi connectivity index (χ3n) is 6.58. The van der Waals surface area contributed by atoms with E-state index in [1.54, 1.807) is 19.2 Å². The summed E-state index contributed by atoms with van der Waals surface area (Å²) in [6.07, 6.45) is 2.72. The number of carbonyl (C=O) groups excluding carboxylic acids is 1. The summed E-state index contributed by atoms with van der Waals surface area (Å²) in [6, 6.07) is 8.62. The monoisotopic (exact) mass is 432 g/mol. The maximum absolute atomic E-state index is 13.1. The van der Waals surface area contributed by atoms with E-state index in [0.717, 1.165) is 26.2 Å². The molecule has 8 heteroatoms. The normalized spacial score (nSPS) is 23.5. The molecule has 0 spiro atoms. The third kappa shape index (κ3) is 4.69. The van der Waals surface area contributed by atoms with Crippen LogP contribution in [-0.4, -0.2) is 73.7 Å². The Bertz CT molecular complexity index is 893. The van der Waals surface area contributed by atoms with Crippen LogP contribution >= 0.6 is 0 Å². The number of benzene rings is 1. The molecule has 0 N–H and O–H groups in total. The van der Waals surface area contributed by atoms with E-state index >= 15 is 0 Å². The molecule has 1 aliphatic heterocycles. The lowest BCUT2D eigenvalue weighted by Crippen LogP contribution is -2.52. The van der Waals surface area contributed by atoms with E-state index in [4.69, 9.17) is 0 Å². The fourth-order valence-corrected chi connectivity index (χ4v) is 6.09. The van der Waals surface area contributed by atoms with Gasteiger partial charge < -0.3 is 4.90 Å². The number of nitriles is 1. The Labute approximate surface area is 180 Å². The van der Waals surface area contributed by atoms with Crippen molar-refractivity contribution in [2.45, 2.75) is 56.5 Å². The molecule has 30 heavy (non-hydrogen) atoms. The minimum Gasteiger partial charge on any atom is -0.340 e. The van der Waals surface area contributed by atoms with E-state index in [1.807, 2.05) is 11.0 Å². The first kappa shape index (κ1) is 22.7. The first-order valence-corrected chi connectivity index (χ1v) is 12.2. The molecule has 3 rings (SSSR count). The zero-order chi connectivity index (χ0) is 21.9. The van der Waals surface area contributed by atoms with Crippen LogP contribution in [-0.2, 0) is 14.8 Å². The highest BCUT2D eigenvalue weighted by atomic mass is 32.2. The molecule has 1 aromatic rings. The van der Waals surface area contributed by atoms with Crippen molar-refractivity contribution in [3.05, 3.63) is 29.8 Å². The van der Waals surface area contributed by atoms with Gasteiger partial charge in [0.05, 0.1) is 10.5 Å². The van der Waals surface area contributed by atoms with Gasteiger partial charge in [0.25, 0.3) is 0 Å². The lowest BCUT2D eigenvalue weighted by molar-refractivity contribution is -0.138. The fraction of sp³-hybridized carbons (Fsp3) is 0.636. The lowest BCUT2D eigenvalue weighted by atomic mass is 9.85. The Morgan fingerprint density at radius 2 is 1.70 bits per heavy atom. The fourth-order valence-electron chi connectivity index (χ4n) is 4.54. The van der Waals surface area contributed by atoms with Gasteiger partial charge in [0.2, 0.25) is 15.9 Å². The first-order chi connectivity index (χ1) is 14.3. The molecule has 7 nitrogen and oxygen atoms in total. The van der Waals surface area contributed by atoms with Crippen LogP contribution in [0.15, 0.2) is 29.2 Å². The molecule has 1 saturated heterocycles. The van der Waals surface area contributed by atoms with Gasteiger partial charge in [0.15, 0.2) is 0 Å². The van der Waals surface area contributed by atoms with Crippen molar-refractivity contribution >= 4 is 15.9 Å². The van der Waals surface area contributed by atoms with Gasteiger partial charge in [0.1, 0.15) is 6.07 Å². The molecule has 0 atom stereocenters. The molecule has 0 unspecified atom stereocenters. The molecule has 1 amide bonds. The number of rotatable bonds is 5. The van der Waals surface area contributed by atoms with Gasteiger partial charge in [-0.1, -0.05) is 12.1 Å². The number of sulfonamides is 1. The second-order valence-corrected chi connectivity index (χ2v) is 10.6. The van der Waals surface area contributed by atoms with Crippen LogP contribution in [0.4, 0.5) is 0 Å². The third-order valence-corrected chi connectivity index (χ3v) is 8.55. The largest absolute Gasteiger partial charge is 0.340 e. The Morgan fingerprint density at radius 1 is 1.10 bits per heavy atom. The average Bonchev–Trinajstić information content (AvgIpc) is 2.78. The van der Waals surface area contributed by atoms with Crippen molar-refractivity contribution < 1.29 is 13.2 Å². The number of nitrogens with zero attached hydrogens (tertiary/aromatic N) is 4. The lowest BCUT2D eigenvalue weighted by Gasteiger charge is -2.40. The first-order valence-electron chi connectivity index (χ1n) is 10.8. The van der Waals surface area contributed by atoms with Crippen LogP contribution in [0, 0.1) is 17.2 Å². The number of piperazine rings is 1. The van der Waals surface area contributed by atoms with Crippen LogP contribution < -0.4 is 0 Å². The molecule has 0 bridgehead atoms. The summed E-state index contributed by atoms with van der Waals surface area (Å²) in [7, 11) is -2.16. The molecule has 0 aromatic heterocycles. The maximum atomic E-state index is 13.1. The Kier molecular flexibility index (Phi) is 7.17. The Morgan fingerprint density at radius 3 is 2.27 bits per heavy atom. The zero-order valence-electron chi connectivity index (χ0n) is 18.1. The van der Waals surface area contributed by atoms with Crippen LogP contribution in [0.2, 0.25) is 0 Å². The molecule has 2 fully saturated rings. The predicted molar refractivity (Wildman–Crippen MR) is 115 cm³/mol. The minimum absolute atomic E-state index is 0.0191. The number of carbonyl (C=O) groups is 1. The average molecular weight is 433 g/mol. The molecule has 164 valence electrons. The minimum atomic E-state index is -3.74. The highest BCUT2D eigenvalue weighted by Gasteiger charge is 2.36. The number of amides is 1. The molecule has 1 aliphatic carbocycles. The second-order valence-electron chi connectivity index (χ2n) is 8.59. The van der Waals surface area contributed by atoms with Crippen molar-refractivity contribution in [2.75, 3.05) is 33.2 Å². The van der Waals surface area contributed by atoms with Crippen molar-refractivity contribution in [2.24, 2.45) is 5.92 Å². The Balaban J connectivity index is 1.59. The highest BCUT2D eigenvalue weighted by Crippen LogP contribution is 2.32. The van der Waals surface area contributed by atoms with E-state index in [2.05, 4.69) is 18.7 Å². The van der Waals surface area contributed by atoms with Crippen molar-refractivity contribution in [3.8, 4) is 6.07 Å². The summed E-state index contributed by atoms with van der Waals surface area (Å²) in [5.41, 5.74) is 0.161. The summed E-state index contributed by atoms with van der Waals surface area (Å²) in [5.74, 6) is 0.201. The van der Waals surface area contributed by atoms with Gasteiger partial charge in [-0.05, 0) is 51.7 Å². The smallest absolute Gasteiger partial charge is 0.244 e. The number of hydrogen-bond donors (Lipinski definition) is 0. The van der Waals surface area contributed by atoms with Gasteiger partial charge in [-0.25, -0.2) is 8.42 Å². The molecular weight excluding hydrogens is 400 g/mol. The van der Waals surface area contributed by atoms with Crippen LogP contribution in [0.5, 0.6) is 0 Å². The summed E-state index contributed by atoms with van der Waals surface area (Å²) < 4.78 is 27.5. The molecule has 1 saturated carbocycles.